The molecule has 1 saturated heterocycles. The number of carbonyl (C=O) groups is 1. The molecule has 2 N–H and O–H groups in total. The van der Waals surface area contributed by atoms with Crippen molar-refractivity contribution < 1.29 is 22.7 Å². The standard InChI is InChI=1S/C18H26N2O5S/c1-13(19)15-4-2-3-8-20(15)18(21)7-11-26(22,23)14-5-6-16-17(12-14)25-10-9-24-16/h5-6,12-13,15H,2-4,7-11,19H2,1H3. The number of rotatable bonds is 5. The van der Waals surface area contributed by atoms with Crippen molar-refractivity contribution in [2.24, 2.45) is 5.73 Å². The van der Waals surface area contributed by atoms with Gasteiger partial charge in [-0.1, -0.05) is 0 Å². The summed E-state index contributed by atoms with van der Waals surface area (Å²) < 4.78 is 36.1. The predicted molar refractivity (Wildman–Crippen MR) is 97.1 cm³/mol. The van der Waals surface area contributed by atoms with Crippen molar-refractivity contribution in [2.75, 3.05) is 25.5 Å². The normalized spacial score (nSPS) is 21.3. The van der Waals surface area contributed by atoms with Crippen LogP contribution < -0.4 is 15.2 Å². The molecule has 7 nitrogen and oxygen atoms in total. The first-order valence-electron chi connectivity index (χ1n) is 9.06. The average Bonchev–Trinajstić information content (AvgIpc) is 2.65. The minimum absolute atomic E-state index is 0.00625. The molecule has 0 spiro atoms. The molecule has 8 heteroatoms. The lowest BCUT2D eigenvalue weighted by molar-refractivity contribution is -0.134. The first-order chi connectivity index (χ1) is 12.4. The second-order valence-electron chi connectivity index (χ2n) is 6.88. The van der Waals surface area contributed by atoms with E-state index >= 15 is 0 Å². The van der Waals surface area contributed by atoms with Crippen LogP contribution in [-0.4, -0.2) is 56.8 Å². The number of amides is 1. The monoisotopic (exact) mass is 382 g/mol. The Morgan fingerprint density at radius 3 is 2.73 bits per heavy atom. The fraction of sp³-hybridized carbons (Fsp3) is 0.611. The Morgan fingerprint density at radius 1 is 1.27 bits per heavy atom. The van der Waals surface area contributed by atoms with Gasteiger partial charge in [0.1, 0.15) is 13.2 Å². The van der Waals surface area contributed by atoms with Crippen LogP contribution in [0.25, 0.3) is 0 Å². The van der Waals surface area contributed by atoms with Gasteiger partial charge in [0.05, 0.1) is 10.6 Å². The van der Waals surface area contributed by atoms with Crippen molar-refractivity contribution in [3.8, 4) is 11.5 Å². The summed E-state index contributed by atoms with van der Waals surface area (Å²) in [6.45, 7) is 3.38. The highest BCUT2D eigenvalue weighted by Crippen LogP contribution is 2.32. The van der Waals surface area contributed by atoms with E-state index in [1.54, 1.807) is 11.0 Å². The Bertz CT molecular complexity index is 763. The van der Waals surface area contributed by atoms with E-state index in [1.807, 2.05) is 6.92 Å². The van der Waals surface area contributed by atoms with Gasteiger partial charge in [-0.15, -0.1) is 0 Å². The molecule has 2 aliphatic rings. The SMILES string of the molecule is CC(N)C1CCCCN1C(=O)CCS(=O)(=O)c1ccc2c(c1)OCCO2. The maximum Gasteiger partial charge on any atom is 0.223 e. The summed E-state index contributed by atoms with van der Waals surface area (Å²) in [5.41, 5.74) is 6.00. The molecule has 26 heavy (non-hydrogen) atoms. The third-order valence-electron chi connectivity index (χ3n) is 4.93. The average molecular weight is 382 g/mol. The van der Waals surface area contributed by atoms with Crippen LogP contribution in [0.15, 0.2) is 23.1 Å². The molecule has 2 aliphatic heterocycles. The molecule has 0 aromatic heterocycles. The van der Waals surface area contributed by atoms with E-state index in [2.05, 4.69) is 0 Å². The lowest BCUT2D eigenvalue weighted by atomic mass is 9.96. The number of hydrogen-bond acceptors (Lipinski definition) is 6. The van der Waals surface area contributed by atoms with Gasteiger partial charge in [0.15, 0.2) is 21.3 Å². The van der Waals surface area contributed by atoms with Crippen molar-refractivity contribution in [1.29, 1.82) is 0 Å². The molecule has 2 unspecified atom stereocenters. The summed E-state index contributed by atoms with van der Waals surface area (Å²) in [7, 11) is -3.58. The van der Waals surface area contributed by atoms with E-state index in [1.165, 1.54) is 12.1 Å². The topological polar surface area (TPSA) is 98.9 Å². The highest BCUT2D eigenvalue weighted by atomic mass is 32.2. The Balaban J connectivity index is 1.67. The lowest BCUT2D eigenvalue weighted by Crippen LogP contribution is -2.51. The molecular formula is C18H26N2O5S. The molecule has 1 fully saturated rings. The van der Waals surface area contributed by atoms with Crippen LogP contribution in [0.3, 0.4) is 0 Å². The van der Waals surface area contributed by atoms with Crippen LogP contribution in [0.4, 0.5) is 0 Å². The molecule has 1 aromatic rings. The molecule has 0 bridgehead atoms. The van der Waals surface area contributed by atoms with Crippen LogP contribution >= 0.6 is 0 Å². The molecule has 3 rings (SSSR count). The van der Waals surface area contributed by atoms with Gasteiger partial charge < -0.3 is 20.1 Å². The smallest absolute Gasteiger partial charge is 0.223 e. The van der Waals surface area contributed by atoms with Crippen LogP contribution in [0, 0.1) is 0 Å². The first-order valence-corrected chi connectivity index (χ1v) is 10.7. The number of fused-ring (bicyclic) bond motifs is 1. The molecule has 144 valence electrons. The molecule has 0 radical (unpaired) electrons. The number of nitrogens with two attached hydrogens (primary N) is 1. The Morgan fingerprint density at radius 2 is 2.00 bits per heavy atom. The number of hydrogen-bond donors (Lipinski definition) is 1. The minimum atomic E-state index is -3.58. The van der Waals surface area contributed by atoms with E-state index < -0.39 is 9.84 Å². The summed E-state index contributed by atoms with van der Waals surface area (Å²) in [6.07, 6.45) is 2.81. The van der Waals surface area contributed by atoms with Crippen LogP contribution in [0.2, 0.25) is 0 Å². The maximum atomic E-state index is 12.6. The third-order valence-corrected chi connectivity index (χ3v) is 6.65. The van der Waals surface area contributed by atoms with Gasteiger partial charge in [-0.2, -0.15) is 0 Å². The Kier molecular flexibility index (Phi) is 5.72. The van der Waals surface area contributed by atoms with Crippen molar-refractivity contribution in [2.45, 2.75) is 49.6 Å². The fourth-order valence-corrected chi connectivity index (χ4v) is 4.75. The Labute approximate surface area is 154 Å². The van der Waals surface area contributed by atoms with E-state index in [0.29, 0.717) is 31.3 Å². The van der Waals surface area contributed by atoms with Gasteiger partial charge in [-0.25, -0.2) is 8.42 Å². The zero-order valence-electron chi connectivity index (χ0n) is 15.0. The van der Waals surface area contributed by atoms with E-state index in [0.717, 1.165) is 19.3 Å². The number of likely N-dealkylation sites (tertiary alicyclic amines) is 1. The van der Waals surface area contributed by atoms with E-state index in [4.69, 9.17) is 15.2 Å². The number of benzene rings is 1. The molecular weight excluding hydrogens is 356 g/mol. The largest absolute Gasteiger partial charge is 0.486 e. The molecule has 0 saturated carbocycles. The first kappa shape index (κ1) is 19.0. The summed E-state index contributed by atoms with van der Waals surface area (Å²) in [5.74, 6) is 0.595. The van der Waals surface area contributed by atoms with E-state index in [-0.39, 0.29) is 35.1 Å². The van der Waals surface area contributed by atoms with Gasteiger partial charge >= 0.3 is 0 Å². The second-order valence-corrected chi connectivity index (χ2v) is 8.99. The van der Waals surface area contributed by atoms with Gasteiger partial charge in [-0.3, -0.25) is 4.79 Å². The number of sulfone groups is 1. The van der Waals surface area contributed by atoms with Crippen molar-refractivity contribution in [1.82, 2.24) is 4.90 Å². The van der Waals surface area contributed by atoms with Gasteiger partial charge in [0.25, 0.3) is 0 Å². The predicted octanol–water partition coefficient (Wildman–Crippen LogP) is 1.35. The lowest BCUT2D eigenvalue weighted by Gasteiger charge is -2.38. The van der Waals surface area contributed by atoms with Gasteiger partial charge in [0, 0.05) is 31.1 Å². The molecule has 2 heterocycles. The number of nitrogens with zero attached hydrogens (tertiary/aromatic N) is 1. The van der Waals surface area contributed by atoms with Crippen molar-refractivity contribution in [3.05, 3.63) is 18.2 Å². The highest BCUT2D eigenvalue weighted by Gasteiger charge is 2.30. The minimum Gasteiger partial charge on any atom is -0.486 e. The van der Waals surface area contributed by atoms with E-state index in [9.17, 15) is 13.2 Å². The molecule has 1 amide bonds. The molecule has 2 atom stereocenters. The maximum absolute atomic E-state index is 12.6. The zero-order valence-corrected chi connectivity index (χ0v) is 15.8. The third kappa shape index (κ3) is 4.12. The number of carbonyl (C=O) groups excluding carboxylic acids is 1. The van der Waals surface area contributed by atoms with Crippen LogP contribution in [-0.2, 0) is 14.6 Å². The summed E-state index contributed by atoms with van der Waals surface area (Å²) >= 11 is 0. The Hall–Kier alpha value is -1.80. The quantitative estimate of drug-likeness (QED) is 0.825. The summed E-state index contributed by atoms with van der Waals surface area (Å²) in [4.78, 5) is 14.5. The van der Waals surface area contributed by atoms with Crippen molar-refractivity contribution in [3.63, 3.8) is 0 Å². The fourth-order valence-electron chi connectivity index (χ4n) is 3.51. The van der Waals surface area contributed by atoms with Crippen molar-refractivity contribution >= 4 is 15.7 Å². The highest BCUT2D eigenvalue weighted by molar-refractivity contribution is 7.91. The number of piperidine rings is 1. The zero-order chi connectivity index (χ0) is 18.7. The van der Waals surface area contributed by atoms with Gasteiger partial charge in [-0.05, 0) is 38.3 Å². The molecule has 0 aliphatic carbocycles. The summed E-state index contributed by atoms with van der Waals surface area (Å²) in [5, 5.41) is 0. The summed E-state index contributed by atoms with van der Waals surface area (Å²) in [6, 6.07) is 4.45. The van der Waals surface area contributed by atoms with Gasteiger partial charge in [0.2, 0.25) is 5.91 Å². The molecule has 1 aromatic carbocycles. The van der Waals surface area contributed by atoms with Crippen LogP contribution in [0.1, 0.15) is 32.6 Å². The number of ether oxygens (including phenoxy) is 2. The second kappa shape index (κ2) is 7.84. The van der Waals surface area contributed by atoms with Crippen LogP contribution in [0.5, 0.6) is 11.5 Å².